The summed E-state index contributed by atoms with van der Waals surface area (Å²) in [5.74, 6) is -0.310. The van der Waals surface area contributed by atoms with Crippen LogP contribution in [0.1, 0.15) is 13.3 Å². The zero-order chi connectivity index (χ0) is 11.9. The van der Waals surface area contributed by atoms with Crippen molar-refractivity contribution in [2.75, 3.05) is 32.4 Å². The number of hydrogen-bond acceptors (Lipinski definition) is 4. The molecule has 0 bridgehead atoms. The molecule has 3 N–H and O–H groups in total. The summed E-state index contributed by atoms with van der Waals surface area (Å²) < 4.78 is 24.1. The lowest BCUT2D eigenvalue weighted by Gasteiger charge is -2.16. The lowest BCUT2D eigenvalue weighted by molar-refractivity contribution is -0.121. The summed E-state index contributed by atoms with van der Waals surface area (Å²) in [5.41, 5.74) is 5.22. The van der Waals surface area contributed by atoms with Crippen LogP contribution in [0.15, 0.2) is 0 Å². The van der Waals surface area contributed by atoms with Gasteiger partial charge in [0, 0.05) is 13.6 Å². The quantitative estimate of drug-likeness (QED) is 0.577. The third-order valence-corrected chi connectivity index (χ3v) is 3.70. The van der Waals surface area contributed by atoms with E-state index in [0.29, 0.717) is 19.5 Å². The highest BCUT2D eigenvalue weighted by molar-refractivity contribution is 7.89. The highest BCUT2D eigenvalue weighted by Gasteiger charge is 2.19. The number of carbonyl (C=O) groups excluding carboxylic acids is 1. The molecule has 0 aromatic heterocycles. The van der Waals surface area contributed by atoms with Gasteiger partial charge in [0.15, 0.2) is 0 Å². The van der Waals surface area contributed by atoms with Crippen LogP contribution in [0.5, 0.6) is 0 Å². The second kappa shape index (κ2) is 6.76. The van der Waals surface area contributed by atoms with Gasteiger partial charge in [-0.3, -0.25) is 4.79 Å². The molecule has 0 fully saturated rings. The Kier molecular flexibility index (Phi) is 6.46. The van der Waals surface area contributed by atoms with E-state index in [-0.39, 0.29) is 18.2 Å². The van der Waals surface area contributed by atoms with E-state index in [2.05, 4.69) is 5.32 Å². The third-order valence-electron chi connectivity index (χ3n) is 1.82. The number of rotatable bonds is 7. The standard InChI is InChI=1S/C8H19N3O3S/c1-3-10-8(12)7-11(2)15(13,14)6-4-5-9/h3-7,9H2,1-2H3,(H,10,12). The first kappa shape index (κ1) is 14.3. The van der Waals surface area contributed by atoms with E-state index >= 15 is 0 Å². The maximum Gasteiger partial charge on any atom is 0.235 e. The Morgan fingerprint density at radius 2 is 2.07 bits per heavy atom. The van der Waals surface area contributed by atoms with Gasteiger partial charge in [0.05, 0.1) is 12.3 Å². The minimum atomic E-state index is -3.34. The molecule has 0 aliphatic carbocycles. The molecule has 6 nitrogen and oxygen atoms in total. The van der Waals surface area contributed by atoms with Gasteiger partial charge in [0.1, 0.15) is 0 Å². The molecule has 0 saturated carbocycles. The van der Waals surface area contributed by atoms with Crippen LogP contribution < -0.4 is 11.1 Å². The monoisotopic (exact) mass is 237 g/mol. The molecule has 0 atom stereocenters. The summed E-state index contributed by atoms with van der Waals surface area (Å²) >= 11 is 0. The molecule has 0 aromatic carbocycles. The van der Waals surface area contributed by atoms with Crippen molar-refractivity contribution < 1.29 is 13.2 Å². The molecular formula is C8H19N3O3S. The summed E-state index contributed by atoms with van der Waals surface area (Å²) in [5, 5.41) is 2.53. The van der Waals surface area contributed by atoms with Crippen LogP contribution in [0.2, 0.25) is 0 Å². The van der Waals surface area contributed by atoms with E-state index in [0.717, 1.165) is 4.31 Å². The van der Waals surface area contributed by atoms with Gasteiger partial charge in [-0.1, -0.05) is 0 Å². The Bertz CT molecular complexity index is 290. The molecule has 15 heavy (non-hydrogen) atoms. The van der Waals surface area contributed by atoms with Gasteiger partial charge in [-0.05, 0) is 19.9 Å². The normalized spacial score (nSPS) is 11.7. The van der Waals surface area contributed by atoms with E-state index < -0.39 is 10.0 Å². The zero-order valence-electron chi connectivity index (χ0n) is 9.19. The molecule has 0 aliphatic heterocycles. The Labute approximate surface area is 90.9 Å². The molecule has 7 heteroatoms. The smallest absolute Gasteiger partial charge is 0.235 e. The van der Waals surface area contributed by atoms with Crippen molar-refractivity contribution in [3.05, 3.63) is 0 Å². The number of sulfonamides is 1. The fourth-order valence-corrected chi connectivity index (χ4v) is 2.13. The highest BCUT2D eigenvalue weighted by Crippen LogP contribution is 1.99. The molecule has 0 spiro atoms. The maximum atomic E-state index is 11.5. The molecule has 0 radical (unpaired) electrons. The average Bonchev–Trinajstić information content (AvgIpc) is 2.15. The SMILES string of the molecule is CCNC(=O)CN(C)S(=O)(=O)CCCN. The van der Waals surface area contributed by atoms with Crippen LogP contribution in [0, 0.1) is 0 Å². The Morgan fingerprint density at radius 1 is 1.47 bits per heavy atom. The molecule has 0 saturated heterocycles. The summed E-state index contributed by atoms with van der Waals surface area (Å²) in [6.07, 6.45) is 0.405. The number of nitrogens with zero attached hydrogens (tertiary/aromatic N) is 1. The van der Waals surface area contributed by atoms with Crippen LogP contribution in [-0.4, -0.2) is 51.1 Å². The largest absolute Gasteiger partial charge is 0.355 e. The van der Waals surface area contributed by atoms with Gasteiger partial charge in [-0.15, -0.1) is 0 Å². The molecular weight excluding hydrogens is 218 g/mol. The summed E-state index contributed by atoms with van der Waals surface area (Å²) in [7, 11) is -1.95. The van der Waals surface area contributed by atoms with Crippen molar-refractivity contribution >= 4 is 15.9 Å². The van der Waals surface area contributed by atoms with Crippen molar-refractivity contribution in [1.82, 2.24) is 9.62 Å². The zero-order valence-corrected chi connectivity index (χ0v) is 10.0. The first-order chi connectivity index (χ1) is 6.94. The van der Waals surface area contributed by atoms with E-state index in [4.69, 9.17) is 5.73 Å². The van der Waals surface area contributed by atoms with Gasteiger partial charge in [0.2, 0.25) is 15.9 Å². The van der Waals surface area contributed by atoms with E-state index in [1.807, 2.05) is 0 Å². The van der Waals surface area contributed by atoms with Crippen LogP contribution in [-0.2, 0) is 14.8 Å². The number of nitrogens with one attached hydrogen (secondary N) is 1. The molecule has 0 heterocycles. The lowest BCUT2D eigenvalue weighted by atomic mass is 10.5. The van der Waals surface area contributed by atoms with Gasteiger partial charge in [0.25, 0.3) is 0 Å². The first-order valence-corrected chi connectivity index (χ1v) is 6.45. The lowest BCUT2D eigenvalue weighted by Crippen LogP contribution is -2.39. The van der Waals surface area contributed by atoms with Crippen LogP contribution >= 0.6 is 0 Å². The summed E-state index contributed by atoms with van der Waals surface area (Å²) in [4.78, 5) is 11.1. The van der Waals surface area contributed by atoms with Crippen molar-refractivity contribution in [3.63, 3.8) is 0 Å². The number of amides is 1. The van der Waals surface area contributed by atoms with Crippen LogP contribution in [0.3, 0.4) is 0 Å². The second-order valence-electron chi connectivity index (χ2n) is 3.17. The molecule has 0 aromatic rings. The van der Waals surface area contributed by atoms with E-state index in [1.165, 1.54) is 7.05 Å². The van der Waals surface area contributed by atoms with Crippen molar-refractivity contribution in [1.29, 1.82) is 0 Å². The summed E-state index contributed by atoms with van der Waals surface area (Å²) in [6, 6.07) is 0. The summed E-state index contributed by atoms with van der Waals surface area (Å²) in [6.45, 7) is 2.46. The number of carbonyl (C=O) groups is 1. The minimum absolute atomic E-state index is 0.0145. The molecule has 0 unspecified atom stereocenters. The Hall–Kier alpha value is -0.660. The predicted octanol–water partition coefficient (Wildman–Crippen LogP) is -1.27. The molecule has 0 rings (SSSR count). The van der Waals surface area contributed by atoms with Crippen LogP contribution in [0.25, 0.3) is 0 Å². The molecule has 0 aliphatic rings. The van der Waals surface area contributed by atoms with E-state index in [1.54, 1.807) is 6.92 Å². The van der Waals surface area contributed by atoms with Gasteiger partial charge in [-0.25, -0.2) is 8.42 Å². The topological polar surface area (TPSA) is 92.5 Å². The van der Waals surface area contributed by atoms with E-state index in [9.17, 15) is 13.2 Å². The van der Waals surface area contributed by atoms with Gasteiger partial charge < -0.3 is 11.1 Å². The van der Waals surface area contributed by atoms with Gasteiger partial charge >= 0.3 is 0 Å². The highest BCUT2D eigenvalue weighted by atomic mass is 32.2. The predicted molar refractivity (Wildman–Crippen MR) is 58.8 cm³/mol. The number of nitrogens with two attached hydrogens (primary N) is 1. The first-order valence-electron chi connectivity index (χ1n) is 4.84. The fraction of sp³-hybridized carbons (Fsp3) is 0.875. The fourth-order valence-electron chi connectivity index (χ4n) is 0.975. The molecule has 90 valence electrons. The number of likely N-dealkylation sites (N-methyl/N-ethyl adjacent to an activating group) is 2. The minimum Gasteiger partial charge on any atom is -0.355 e. The van der Waals surface area contributed by atoms with Gasteiger partial charge in [-0.2, -0.15) is 4.31 Å². The maximum absolute atomic E-state index is 11.5. The molecule has 1 amide bonds. The number of hydrogen-bond donors (Lipinski definition) is 2. The Balaban J connectivity index is 4.18. The van der Waals surface area contributed by atoms with Crippen molar-refractivity contribution in [3.8, 4) is 0 Å². The van der Waals surface area contributed by atoms with Crippen molar-refractivity contribution in [2.45, 2.75) is 13.3 Å². The Morgan fingerprint density at radius 3 is 2.53 bits per heavy atom. The average molecular weight is 237 g/mol. The van der Waals surface area contributed by atoms with Crippen molar-refractivity contribution in [2.24, 2.45) is 5.73 Å². The van der Waals surface area contributed by atoms with Crippen LogP contribution in [0.4, 0.5) is 0 Å². The second-order valence-corrected chi connectivity index (χ2v) is 5.36. The third kappa shape index (κ3) is 5.71.